The number of benzene rings is 1. The fourth-order valence-electron chi connectivity index (χ4n) is 1.91. The van der Waals surface area contributed by atoms with Crippen LogP contribution in [0.25, 0.3) is 5.70 Å². The Balaban J connectivity index is 0.00000162. The van der Waals surface area contributed by atoms with Crippen molar-refractivity contribution in [3.8, 4) is 0 Å². The number of hydrogen-bond acceptors (Lipinski definition) is 1. The van der Waals surface area contributed by atoms with Crippen LogP contribution in [0.1, 0.15) is 19.4 Å². The van der Waals surface area contributed by atoms with Gasteiger partial charge in [-0.1, -0.05) is 36.9 Å². The topological polar surface area (TPSA) is 3.24 Å². The summed E-state index contributed by atoms with van der Waals surface area (Å²) in [6.07, 6.45) is 4.99. The molecule has 0 amide bonds. The third-order valence-corrected chi connectivity index (χ3v) is 2.92. The van der Waals surface area contributed by atoms with Gasteiger partial charge in [-0.25, -0.2) is 4.39 Å². The summed E-state index contributed by atoms with van der Waals surface area (Å²) in [7, 11) is 0. The van der Waals surface area contributed by atoms with Crippen molar-refractivity contribution in [3.05, 3.63) is 65.6 Å². The first kappa shape index (κ1) is 15.3. The van der Waals surface area contributed by atoms with Gasteiger partial charge in [-0.05, 0) is 18.7 Å². The van der Waals surface area contributed by atoms with Crippen LogP contribution in [-0.4, -0.2) is 11.4 Å². The Morgan fingerprint density at radius 1 is 1.33 bits per heavy atom. The SMILES string of the molecule is C=C1C(C)=C[C-]=C(c2ccccc2F)N1CC.[Y]. The van der Waals surface area contributed by atoms with Crippen molar-refractivity contribution in [1.29, 1.82) is 0 Å². The number of nitrogens with zero attached hydrogens (tertiary/aromatic N) is 1. The van der Waals surface area contributed by atoms with Crippen LogP contribution in [0.2, 0.25) is 0 Å². The number of halogens is 1. The molecule has 1 radical (unpaired) electrons. The Morgan fingerprint density at radius 2 is 2.00 bits per heavy atom. The van der Waals surface area contributed by atoms with Gasteiger partial charge in [0.25, 0.3) is 0 Å². The molecule has 0 N–H and O–H groups in total. The number of rotatable bonds is 2. The van der Waals surface area contributed by atoms with E-state index < -0.39 is 0 Å². The maximum absolute atomic E-state index is 13.8. The van der Waals surface area contributed by atoms with Gasteiger partial charge in [0, 0.05) is 39.3 Å². The Bertz CT molecular complexity index is 517. The number of likely N-dealkylation sites (N-methyl/N-ethyl adjacent to an activating group) is 1. The van der Waals surface area contributed by atoms with Crippen LogP contribution in [0.5, 0.6) is 0 Å². The van der Waals surface area contributed by atoms with Crippen molar-refractivity contribution >= 4 is 5.70 Å². The van der Waals surface area contributed by atoms with Crippen molar-refractivity contribution in [2.75, 3.05) is 6.54 Å². The molecule has 2 rings (SSSR count). The van der Waals surface area contributed by atoms with Crippen molar-refractivity contribution in [1.82, 2.24) is 4.90 Å². The van der Waals surface area contributed by atoms with Crippen LogP contribution in [0, 0.1) is 11.9 Å². The van der Waals surface area contributed by atoms with E-state index in [-0.39, 0.29) is 38.5 Å². The number of allylic oxidation sites excluding steroid dienone is 3. The predicted molar refractivity (Wildman–Crippen MR) is 68.3 cm³/mol. The first-order valence-electron chi connectivity index (χ1n) is 5.67. The molecule has 3 heteroatoms. The Hall–Kier alpha value is -0.726. The quantitative estimate of drug-likeness (QED) is 0.751. The molecule has 1 heterocycles. The minimum atomic E-state index is -0.228. The molecule has 18 heavy (non-hydrogen) atoms. The molecule has 1 aromatic rings. The molecule has 0 saturated carbocycles. The standard InChI is InChI=1S/C15H15FN.Y/c1-4-17-12(3)11(2)9-10-15(17)13-7-5-6-8-14(13)16;/h5-9H,3-4H2,1-2H3;/q-1;. The largest absolute Gasteiger partial charge is 0.376 e. The molecular weight excluding hydrogens is 302 g/mol. The van der Waals surface area contributed by atoms with Crippen molar-refractivity contribution in [2.45, 2.75) is 13.8 Å². The Morgan fingerprint density at radius 3 is 2.61 bits per heavy atom. The van der Waals surface area contributed by atoms with Crippen LogP contribution < -0.4 is 0 Å². The zero-order valence-corrected chi connectivity index (χ0v) is 13.5. The molecule has 0 aromatic heterocycles. The minimum absolute atomic E-state index is 0. The molecule has 0 spiro atoms. The van der Waals surface area contributed by atoms with E-state index in [1.54, 1.807) is 12.1 Å². The van der Waals surface area contributed by atoms with Crippen LogP contribution in [0.3, 0.4) is 0 Å². The maximum Gasteiger partial charge on any atom is 0.0781 e. The molecule has 0 atom stereocenters. The minimum Gasteiger partial charge on any atom is -0.376 e. The van der Waals surface area contributed by atoms with Gasteiger partial charge in [-0.3, -0.25) is 0 Å². The van der Waals surface area contributed by atoms with E-state index in [4.69, 9.17) is 0 Å². The van der Waals surface area contributed by atoms with Gasteiger partial charge in [-0.15, -0.1) is 11.6 Å². The van der Waals surface area contributed by atoms with Crippen molar-refractivity contribution < 1.29 is 37.1 Å². The molecular formula is C15H15FNY-. The Kier molecular flexibility index (Phi) is 5.49. The summed E-state index contributed by atoms with van der Waals surface area (Å²) < 4.78 is 13.8. The third kappa shape index (κ3) is 2.81. The summed E-state index contributed by atoms with van der Waals surface area (Å²) in [5.41, 5.74) is 3.29. The van der Waals surface area contributed by atoms with Gasteiger partial charge in [0.2, 0.25) is 0 Å². The second-order valence-electron chi connectivity index (χ2n) is 3.99. The molecule has 0 saturated heterocycles. The van der Waals surface area contributed by atoms with Crippen LogP contribution in [-0.2, 0) is 32.7 Å². The Labute approximate surface area is 133 Å². The van der Waals surface area contributed by atoms with Gasteiger partial charge >= 0.3 is 0 Å². The van der Waals surface area contributed by atoms with Crippen molar-refractivity contribution in [2.24, 2.45) is 0 Å². The fourth-order valence-corrected chi connectivity index (χ4v) is 1.91. The second kappa shape index (κ2) is 6.44. The van der Waals surface area contributed by atoms with Crippen LogP contribution >= 0.6 is 0 Å². The molecule has 1 aromatic carbocycles. The first-order valence-corrected chi connectivity index (χ1v) is 5.67. The zero-order chi connectivity index (χ0) is 12.4. The predicted octanol–water partition coefficient (Wildman–Crippen LogP) is 3.76. The third-order valence-electron chi connectivity index (χ3n) is 2.92. The van der Waals surface area contributed by atoms with Gasteiger partial charge in [0.1, 0.15) is 0 Å². The van der Waals surface area contributed by atoms with Crippen LogP contribution in [0.4, 0.5) is 4.39 Å². The second-order valence-corrected chi connectivity index (χ2v) is 3.99. The normalized spacial score (nSPS) is 14.8. The molecule has 91 valence electrons. The molecule has 0 unspecified atom stereocenters. The van der Waals surface area contributed by atoms with E-state index in [9.17, 15) is 4.39 Å². The van der Waals surface area contributed by atoms with Crippen LogP contribution in [0.15, 0.2) is 48.2 Å². The van der Waals surface area contributed by atoms with Gasteiger partial charge in [-0.2, -0.15) is 12.2 Å². The first-order chi connectivity index (χ1) is 8.15. The summed E-state index contributed by atoms with van der Waals surface area (Å²) in [4.78, 5) is 1.98. The summed E-state index contributed by atoms with van der Waals surface area (Å²) in [5, 5.41) is 0. The monoisotopic (exact) mass is 317 g/mol. The van der Waals surface area contributed by atoms with E-state index in [2.05, 4.69) is 12.7 Å². The molecule has 1 aliphatic rings. The summed E-state index contributed by atoms with van der Waals surface area (Å²) >= 11 is 0. The van der Waals surface area contributed by atoms with E-state index in [0.29, 0.717) is 5.56 Å². The summed E-state index contributed by atoms with van der Waals surface area (Å²) in [5.74, 6) is -0.228. The van der Waals surface area contributed by atoms with E-state index in [0.717, 1.165) is 23.5 Å². The molecule has 0 fully saturated rings. The van der Waals surface area contributed by atoms with E-state index in [1.807, 2.05) is 30.9 Å². The van der Waals surface area contributed by atoms with Gasteiger partial charge in [0.05, 0.1) is 5.82 Å². The fraction of sp³-hybridized carbons (Fsp3) is 0.200. The zero-order valence-electron chi connectivity index (χ0n) is 10.7. The molecule has 1 aliphatic heterocycles. The van der Waals surface area contributed by atoms with Crippen molar-refractivity contribution in [3.63, 3.8) is 0 Å². The van der Waals surface area contributed by atoms with E-state index >= 15 is 0 Å². The van der Waals surface area contributed by atoms with Gasteiger partial charge < -0.3 is 4.90 Å². The maximum atomic E-state index is 13.8. The average molecular weight is 317 g/mol. The number of hydrogen-bond donors (Lipinski definition) is 0. The van der Waals surface area contributed by atoms with E-state index in [1.165, 1.54) is 6.07 Å². The molecule has 0 aliphatic carbocycles. The molecule has 1 nitrogen and oxygen atoms in total. The summed E-state index contributed by atoms with van der Waals surface area (Å²) in [6.45, 7) is 8.78. The van der Waals surface area contributed by atoms with Gasteiger partial charge in [0.15, 0.2) is 0 Å². The molecule has 0 bridgehead atoms. The summed E-state index contributed by atoms with van der Waals surface area (Å²) in [6, 6.07) is 6.75. The smallest absolute Gasteiger partial charge is 0.0781 e. The average Bonchev–Trinajstić information content (AvgIpc) is 2.33.